The standard InChI is InChI=1S/C22H21Cl2NO/c1-3-18(4-2)25(22(26)20-12-10-17(23)14-21(20)24)19-11-9-15-7-5-6-8-16(15)13-19/h5-14,18H,3-4H2,1-2H3. The summed E-state index contributed by atoms with van der Waals surface area (Å²) in [7, 11) is 0. The van der Waals surface area contributed by atoms with Crippen molar-refractivity contribution in [1.29, 1.82) is 0 Å². The van der Waals surface area contributed by atoms with Crippen molar-refractivity contribution in [1.82, 2.24) is 0 Å². The van der Waals surface area contributed by atoms with Gasteiger partial charge in [-0.1, -0.05) is 67.4 Å². The van der Waals surface area contributed by atoms with Crippen molar-refractivity contribution < 1.29 is 4.79 Å². The first-order valence-electron chi connectivity index (χ1n) is 8.82. The molecule has 4 heteroatoms. The average molecular weight is 386 g/mol. The maximum Gasteiger partial charge on any atom is 0.260 e. The first-order chi connectivity index (χ1) is 12.5. The van der Waals surface area contributed by atoms with E-state index in [1.54, 1.807) is 18.2 Å². The van der Waals surface area contributed by atoms with Crippen LogP contribution in [0.25, 0.3) is 10.8 Å². The molecular formula is C22H21Cl2NO. The zero-order chi connectivity index (χ0) is 18.7. The van der Waals surface area contributed by atoms with E-state index in [0.717, 1.165) is 29.3 Å². The lowest BCUT2D eigenvalue weighted by molar-refractivity contribution is 0.0975. The Kier molecular flexibility index (Phi) is 5.85. The summed E-state index contributed by atoms with van der Waals surface area (Å²) in [5.41, 5.74) is 1.35. The van der Waals surface area contributed by atoms with Gasteiger partial charge in [0.25, 0.3) is 5.91 Å². The lowest BCUT2D eigenvalue weighted by Crippen LogP contribution is -2.40. The number of rotatable bonds is 5. The number of nitrogens with zero attached hydrogens (tertiary/aromatic N) is 1. The molecule has 0 spiro atoms. The van der Waals surface area contributed by atoms with Crippen LogP contribution in [0.3, 0.4) is 0 Å². The quantitative estimate of drug-likeness (QED) is 0.463. The minimum Gasteiger partial charge on any atom is -0.305 e. The molecule has 0 aliphatic heterocycles. The monoisotopic (exact) mass is 385 g/mol. The van der Waals surface area contributed by atoms with Gasteiger partial charge in [0.15, 0.2) is 0 Å². The third-order valence-corrected chi connectivity index (χ3v) is 5.25. The van der Waals surface area contributed by atoms with E-state index in [1.165, 1.54) is 0 Å². The van der Waals surface area contributed by atoms with Crippen molar-refractivity contribution in [2.24, 2.45) is 0 Å². The minimum absolute atomic E-state index is 0.0930. The van der Waals surface area contributed by atoms with Gasteiger partial charge in [-0.05, 0) is 53.9 Å². The van der Waals surface area contributed by atoms with Crippen LogP contribution in [-0.2, 0) is 0 Å². The molecular weight excluding hydrogens is 365 g/mol. The maximum atomic E-state index is 13.4. The number of carbonyl (C=O) groups excluding carboxylic acids is 1. The van der Waals surface area contributed by atoms with Crippen LogP contribution in [-0.4, -0.2) is 11.9 Å². The van der Waals surface area contributed by atoms with Crippen LogP contribution in [0, 0.1) is 0 Å². The highest BCUT2D eigenvalue weighted by molar-refractivity contribution is 6.37. The molecule has 0 unspecified atom stereocenters. The molecule has 0 N–H and O–H groups in total. The van der Waals surface area contributed by atoms with E-state index in [4.69, 9.17) is 23.2 Å². The van der Waals surface area contributed by atoms with Crippen molar-refractivity contribution in [3.63, 3.8) is 0 Å². The third-order valence-electron chi connectivity index (χ3n) is 4.70. The Morgan fingerprint density at radius 1 is 0.923 bits per heavy atom. The molecule has 0 saturated carbocycles. The predicted octanol–water partition coefficient (Wildman–Crippen LogP) is 6.98. The zero-order valence-electron chi connectivity index (χ0n) is 14.9. The lowest BCUT2D eigenvalue weighted by atomic mass is 10.0. The number of hydrogen-bond acceptors (Lipinski definition) is 1. The van der Waals surface area contributed by atoms with Crippen LogP contribution < -0.4 is 4.90 Å². The molecule has 0 aromatic heterocycles. The number of benzene rings is 3. The third kappa shape index (κ3) is 3.72. The van der Waals surface area contributed by atoms with Crippen molar-refractivity contribution in [2.75, 3.05) is 4.90 Å². The molecule has 0 aliphatic rings. The fourth-order valence-electron chi connectivity index (χ4n) is 3.27. The Morgan fingerprint density at radius 2 is 1.62 bits per heavy atom. The average Bonchev–Trinajstić information content (AvgIpc) is 2.65. The van der Waals surface area contributed by atoms with Crippen molar-refractivity contribution in [2.45, 2.75) is 32.7 Å². The van der Waals surface area contributed by atoms with Gasteiger partial charge < -0.3 is 4.90 Å². The highest BCUT2D eigenvalue weighted by Crippen LogP contribution is 2.30. The summed E-state index contributed by atoms with van der Waals surface area (Å²) in [4.78, 5) is 15.2. The van der Waals surface area contributed by atoms with Crippen LogP contribution in [0.1, 0.15) is 37.0 Å². The van der Waals surface area contributed by atoms with E-state index < -0.39 is 0 Å². The van der Waals surface area contributed by atoms with Crippen LogP contribution in [0.4, 0.5) is 5.69 Å². The summed E-state index contributed by atoms with van der Waals surface area (Å²) >= 11 is 12.3. The number of anilines is 1. The Hall–Kier alpha value is -2.03. The fraction of sp³-hybridized carbons (Fsp3) is 0.227. The number of carbonyl (C=O) groups is 1. The van der Waals surface area contributed by atoms with E-state index in [9.17, 15) is 4.79 Å². The largest absolute Gasteiger partial charge is 0.305 e. The number of hydrogen-bond donors (Lipinski definition) is 0. The summed E-state index contributed by atoms with van der Waals surface area (Å²) in [5, 5.41) is 3.15. The molecule has 3 rings (SSSR count). The molecule has 0 saturated heterocycles. The molecule has 0 radical (unpaired) electrons. The van der Waals surface area contributed by atoms with Crippen LogP contribution in [0.2, 0.25) is 10.0 Å². The van der Waals surface area contributed by atoms with Crippen molar-refractivity contribution in [3.05, 3.63) is 76.3 Å². The SMILES string of the molecule is CCC(CC)N(C(=O)c1ccc(Cl)cc1Cl)c1ccc2ccccc2c1. The van der Waals surface area contributed by atoms with Crippen molar-refractivity contribution >= 4 is 45.6 Å². The molecule has 26 heavy (non-hydrogen) atoms. The van der Waals surface area contributed by atoms with Gasteiger partial charge in [-0.25, -0.2) is 0 Å². The van der Waals surface area contributed by atoms with E-state index in [0.29, 0.717) is 15.6 Å². The Labute approximate surface area is 164 Å². The lowest BCUT2D eigenvalue weighted by Gasteiger charge is -2.31. The number of amides is 1. The Balaban J connectivity index is 2.10. The highest BCUT2D eigenvalue weighted by atomic mass is 35.5. The van der Waals surface area contributed by atoms with E-state index in [1.807, 2.05) is 23.1 Å². The van der Waals surface area contributed by atoms with Gasteiger partial charge in [-0.2, -0.15) is 0 Å². The summed E-state index contributed by atoms with van der Waals surface area (Å²) in [6, 6.07) is 19.4. The molecule has 3 aromatic rings. The predicted molar refractivity (Wildman–Crippen MR) is 112 cm³/mol. The molecule has 0 fully saturated rings. The van der Waals surface area contributed by atoms with E-state index in [-0.39, 0.29) is 11.9 Å². The summed E-state index contributed by atoms with van der Waals surface area (Å²) in [5.74, 6) is -0.101. The number of halogens is 2. The minimum atomic E-state index is -0.101. The Morgan fingerprint density at radius 3 is 2.27 bits per heavy atom. The second-order valence-corrected chi connectivity index (χ2v) is 7.14. The smallest absolute Gasteiger partial charge is 0.260 e. The van der Waals surface area contributed by atoms with Gasteiger partial charge in [-0.3, -0.25) is 4.79 Å². The molecule has 0 atom stereocenters. The molecule has 3 aromatic carbocycles. The molecule has 2 nitrogen and oxygen atoms in total. The topological polar surface area (TPSA) is 20.3 Å². The number of fused-ring (bicyclic) bond motifs is 1. The van der Waals surface area contributed by atoms with Crippen LogP contribution in [0.5, 0.6) is 0 Å². The zero-order valence-corrected chi connectivity index (χ0v) is 16.4. The van der Waals surface area contributed by atoms with E-state index in [2.05, 4.69) is 38.1 Å². The maximum absolute atomic E-state index is 13.4. The van der Waals surface area contributed by atoms with Gasteiger partial charge in [0.05, 0.1) is 10.6 Å². The fourth-order valence-corrected chi connectivity index (χ4v) is 3.76. The molecule has 0 aliphatic carbocycles. The summed E-state index contributed by atoms with van der Waals surface area (Å²) in [6.45, 7) is 4.19. The first kappa shape index (κ1) is 18.8. The molecule has 0 heterocycles. The Bertz CT molecular complexity index is 934. The van der Waals surface area contributed by atoms with Crippen molar-refractivity contribution in [3.8, 4) is 0 Å². The van der Waals surface area contributed by atoms with Crippen LogP contribution in [0.15, 0.2) is 60.7 Å². The summed E-state index contributed by atoms with van der Waals surface area (Å²) < 4.78 is 0. The van der Waals surface area contributed by atoms with Gasteiger partial charge in [0, 0.05) is 16.8 Å². The van der Waals surface area contributed by atoms with Gasteiger partial charge in [-0.15, -0.1) is 0 Å². The summed E-state index contributed by atoms with van der Waals surface area (Å²) in [6.07, 6.45) is 1.72. The van der Waals surface area contributed by atoms with Gasteiger partial charge in [0.1, 0.15) is 0 Å². The highest BCUT2D eigenvalue weighted by Gasteiger charge is 2.26. The molecule has 0 bridgehead atoms. The second-order valence-electron chi connectivity index (χ2n) is 6.30. The normalized spacial score (nSPS) is 11.1. The first-order valence-corrected chi connectivity index (χ1v) is 9.58. The molecule has 134 valence electrons. The van der Waals surface area contributed by atoms with Gasteiger partial charge >= 0.3 is 0 Å². The van der Waals surface area contributed by atoms with Gasteiger partial charge in [0.2, 0.25) is 0 Å². The van der Waals surface area contributed by atoms with Crippen LogP contribution >= 0.6 is 23.2 Å². The van der Waals surface area contributed by atoms with E-state index >= 15 is 0 Å². The molecule has 1 amide bonds. The second kappa shape index (κ2) is 8.11.